The number of hydrogen-bond donors (Lipinski definition) is 1. The Morgan fingerprint density at radius 3 is 2.90 bits per heavy atom. The van der Waals surface area contributed by atoms with Crippen LogP contribution in [0, 0.1) is 16.0 Å². The molecule has 3 aromatic rings. The van der Waals surface area contributed by atoms with Crippen LogP contribution in [0.4, 0.5) is 5.69 Å². The van der Waals surface area contributed by atoms with Crippen molar-refractivity contribution in [3.63, 3.8) is 0 Å². The van der Waals surface area contributed by atoms with Crippen LogP contribution < -0.4 is 5.56 Å². The normalized spacial score (nSPS) is 20.3. The number of pyridine rings is 1. The van der Waals surface area contributed by atoms with Crippen LogP contribution in [0.2, 0.25) is 0 Å². The average molecular weight is 395 g/mol. The van der Waals surface area contributed by atoms with E-state index >= 15 is 0 Å². The van der Waals surface area contributed by atoms with Crippen molar-refractivity contribution in [1.82, 2.24) is 19.7 Å². The van der Waals surface area contributed by atoms with E-state index in [2.05, 4.69) is 10.2 Å². The van der Waals surface area contributed by atoms with E-state index < -0.39 is 16.2 Å². The monoisotopic (exact) mass is 395 g/mol. The average Bonchev–Trinajstić information content (AvgIpc) is 3.39. The van der Waals surface area contributed by atoms with Crippen LogP contribution in [0.5, 0.6) is 0 Å². The molecular formula is C19H17N5O5. The van der Waals surface area contributed by atoms with Gasteiger partial charge in [0.1, 0.15) is 5.69 Å². The van der Waals surface area contributed by atoms with Crippen molar-refractivity contribution in [3.05, 3.63) is 68.5 Å². The van der Waals surface area contributed by atoms with Crippen LogP contribution in [0.1, 0.15) is 28.5 Å². The fourth-order valence-corrected chi connectivity index (χ4v) is 4.39. The molecule has 2 unspecified atom stereocenters. The number of carbonyl (C=O) groups excluding carboxylic acids is 1. The summed E-state index contributed by atoms with van der Waals surface area (Å²) in [7, 11) is 0. The van der Waals surface area contributed by atoms with Crippen molar-refractivity contribution in [1.29, 1.82) is 0 Å². The number of rotatable bonds is 3. The quantitative estimate of drug-likeness (QED) is 0.534. The van der Waals surface area contributed by atoms with Gasteiger partial charge in [-0.3, -0.25) is 24.8 Å². The standard InChI is InChI=1S/C19H17N5O5/c25-18(14-7-13(20-21-14)17-2-1-5-29-17)22-8-11-6-12(10-22)15-3-4-16(24(27)28)19(26)23(15)9-11/h1-5,7,11-12H,6,8-10H2,(H,20,21). The first-order chi connectivity index (χ1) is 14.0. The third-order valence-electron chi connectivity index (χ3n) is 5.65. The summed E-state index contributed by atoms with van der Waals surface area (Å²) in [6.45, 7) is 1.29. The van der Waals surface area contributed by atoms with E-state index in [-0.39, 0.29) is 17.7 Å². The van der Waals surface area contributed by atoms with Gasteiger partial charge in [-0.2, -0.15) is 5.10 Å². The molecule has 1 amide bonds. The molecule has 0 spiro atoms. The number of furan rings is 1. The van der Waals surface area contributed by atoms with Gasteiger partial charge in [0.25, 0.3) is 5.91 Å². The highest BCUT2D eigenvalue weighted by atomic mass is 16.6. The number of nitrogens with one attached hydrogen (secondary N) is 1. The zero-order valence-corrected chi connectivity index (χ0v) is 15.3. The third-order valence-corrected chi connectivity index (χ3v) is 5.65. The second-order valence-electron chi connectivity index (χ2n) is 7.47. The van der Waals surface area contributed by atoms with Gasteiger partial charge < -0.3 is 13.9 Å². The molecule has 0 radical (unpaired) electrons. The zero-order valence-electron chi connectivity index (χ0n) is 15.3. The molecular weight excluding hydrogens is 378 g/mol. The van der Waals surface area contributed by atoms with Crippen molar-refractivity contribution in [2.45, 2.75) is 18.9 Å². The van der Waals surface area contributed by atoms with E-state index in [9.17, 15) is 19.7 Å². The van der Waals surface area contributed by atoms with Gasteiger partial charge in [0, 0.05) is 43.4 Å². The van der Waals surface area contributed by atoms with E-state index in [1.165, 1.54) is 10.6 Å². The first-order valence-electron chi connectivity index (χ1n) is 9.28. The van der Waals surface area contributed by atoms with Crippen LogP contribution in [0.3, 0.4) is 0 Å². The summed E-state index contributed by atoms with van der Waals surface area (Å²) in [5.41, 5.74) is 0.686. The van der Waals surface area contributed by atoms with Crippen molar-refractivity contribution in [3.8, 4) is 11.5 Å². The molecule has 2 bridgehead atoms. The van der Waals surface area contributed by atoms with Crippen molar-refractivity contribution in [2.75, 3.05) is 13.1 Å². The SMILES string of the molecule is O=C(c1cc(-c2ccco2)[nH]n1)N1CC2CC(C1)c1ccc([N+](=O)[O-])c(=O)n1C2. The molecule has 1 fully saturated rings. The summed E-state index contributed by atoms with van der Waals surface area (Å²) < 4.78 is 6.82. The molecule has 0 aromatic carbocycles. The highest BCUT2D eigenvalue weighted by molar-refractivity contribution is 5.93. The second-order valence-corrected chi connectivity index (χ2v) is 7.47. The predicted molar refractivity (Wildman–Crippen MR) is 100 cm³/mol. The predicted octanol–water partition coefficient (Wildman–Crippen LogP) is 2.00. The number of nitro groups is 1. The lowest BCUT2D eigenvalue weighted by Crippen LogP contribution is -2.49. The Hall–Kier alpha value is -3.69. The molecule has 5 rings (SSSR count). The van der Waals surface area contributed by atoms with Crippen LogP contribution in [-0.4, -0.2) is 43.6 Å². The highest BCUT2D eigenvalue weighted by Crippen LogP contribution is 2.36. The van der Waals surface area contributed by atoms with E-state index in [0.29, 0.717) is 36.8 Å². The van der Waals surface area contributed by atoms with Gasteiger partial charge in [-0.25, -0.2) is 0 Å². The minimum absolute atomic E-state index is 0.0385. The lowest BCUT2D eigenvalue weighted by molar-refractivity contribution is -0.386. The minimum atomic E-state index is -0.649. The first kappa shape index (κ1) is 17.4. The minimum Gasteiger partial charge on any atom is -0.463 e. The van der Waals surface area contributed by atoms with E-state index in [1.54, 1.807) is 35.4 Å². The smallest absolute Gasteiger partial charge is 0.334 e. The largest absolute Gasteiger partial charge is 0.463 e. The molecule has 1 N–H and O–H groups in total. The molecule has 2 atom stereocenters. The molecule has 29 heavy (non-hydrogen) atoms. The van der Waals surface area contributed by atoms with Gasteiger partial charge in [0.05, 0.1) is 11.2 Å². The maximum absolute atomic E-state index is 13.0. The molecule has 3 aromatic heterocycles. The Morgan fingerprint density at radius 1 is 1.28 bits per heavy atom. The second kappa shape index (κ2) is 6.43. The molecule has 5 heterocycles. The molecule has 0 saturated carbocycles. The number of H-pyrrole nitrogens is 1. The molecule has 10 heteroatoms. The van der Waals surface area contributed by atoms with E-state index in [1.807, 2.05) is 0 Å². The molecule has 148 valence electrons. The highest BCUT2D eigenvalue weighted by Gasteiger charge is 2.38. The number of piperidine rings is 1. The van der Waals surface area contributed by atoms with Gasteiger partial charge in [-0.05, 0) is 30.5 Å². The van der Waals surface area contributed by atoms with Crippen molar-refractivity contribution in [2.24, 2.45) is 5.92 Å². The lowest BCUT2D eigenvalue weighted by Gasteiger charge is -2.42. The Balaban J connectivity index is 1.41. The molecule has 10 nitrogen and oxygen atoms in total. The zero-order chi connectivity index (χ0) is 20.1. The van der Waals surface area contributed by atoms with Gasteiger partial charge in [0.2, 0.25) is 0 Å². The van der Waals surface area contributed by atoms with Gasteiger partial charge in [0.15, 0.2) is 11.5 Å². The summed E-state index contributed by atoms with van der Waals surface area (Å²) >= 11 is 0. The lowest BCUT2D eigenvalue weighted by atomic mass is 9.83. The van der Waals surface area contributed by atoms with Gasteiger partial charge in [-0.1, -0.05) is 0 Å². The number of carbonyl (C=O) groups is 1. The number of nitrogens with zero attached hydrogens (tertiary/aromatic N) is 4. The van der Waals surface area contributed by atoms with Crippen LogP contribution in [-0.2, 0) is 6.54 Å². The Bertz CT molecular complexity index is 1160. The topological polar surface area (TPSA) is 127 Å². The Labute approximate surface area is 163 Å². The van der Waals surface area contributed by atoms with Gasteiger partial charge in [-0.15, -0.1) is 0 Å². The molecule has 0 aliphatic carbocycles. The van der Waals surface area contributed by atoms with Crippen LogP contribution in [0.25, 0.3) is 11.5 Å². The molecule has 2 aliphatic rings. The first-order valence-corrected chi connectivity index (χ1v) is 9.28. The summed E-state index contributed by atoms with van der Waals surface area (Å²) in [6, 6.07) is 8.10. The fourth-order valence-electron chi connectivity index (χ4n) is 4.39. The Kier molecular flexibility index (Phi) is 3.86. The summed E-state index contributed by atoms with van der Waals surface area (Å²) in [6.07, 6.45) is 2.40. The number of amides is 1. The molecule has 2 aliphatic heterocycles. The number of aromatic nitrogens is 3. The maximum atomic E-state index is 13.0. The van der Waals surface area contributed by atoms with Crippen molar-refractivity contribution >= 4 is 11.6 Å². The van der Waals surface area contributed by atoms with Crippen LogP contribution in [0.15, 0.2) is 45.8 Å². The summed E-state index contributed by atoms with van der Waals surface area (Å²) in [5.74, 6) is 0.435. The van der Waals surface area contributed by atoms with E-state index in [4.69, 9.17) is 4.42 Å². The number of aromatic amines is 1. The number of hydrogen-bond acceptors (Lipinski definition) is 6. The number of likely N-dealkylation sites (tertiary alicyclic amines) is 1. The summed E-state index contributed by atoms with van der Waals surface area (Å²) in [4.78, 5) is 37.6. The third kappa shape index (κ3) is 2.84. The summed E-state index contributed by atoms with van der Waals surface area (Å²) in [5, 5.41) is 18.0. The maximum Gasteiger partial charge on any atom is 0.334 e. The van der Waals surface area contributed by atoms with E-state index in [0.717, 1.165) is 12.1 Å². The molecule has 1 saturated heterocycles. The van der Waals surface area contributed by atoms with Crippen molar-refractivity contribution < 1.29 is 14.1 Å². The van der Waals surface area contributed by atoms with Crippen LogP contribution >= 0.6 is 0 Å². The Morgan fingerprint density at radius 2 is 2.14 bits per heavy atom. The number of fused-ring (bicyclic) bond motifs is 4. The van der Waals surface area contributed by atoms with Gasteiger partial charge >= 0.3 is 11.2 Å². The fraction of sp³-hybridized carbons (Fsp3) is 0.316.